The molecule has 8 heteroatoms. The highest BCUT2D eigenvalue weighted by atomic mass is 35.5. The van der Waals surface area contributed by atoms with E-state index in [-0.39, 0.29) is 12.1 Å². The first kappa shape index (κ1) is 23.2. The van der Waals surface area contributed by atoms with Gasteiger partial charge in [-0.15, -0.1) is 0 Å². The molecule has 1 atom stereocenters. The average molecular weight is 490 g/mol. The second-order valence-electron chi connectivity index (χ2n) is 8.60. The van der Waals surface area contributed by atoms with Crippen molar-refractivity contribution in [2.45, 2.75) is 25.9 Å². The summed E-state index contributed by atoms with van der Waals surface area (Å²) in [6.45, 7) is 3.52. The molecule has 0 spiro atoms. The fourth-order valence-electron chi connectivity index (χ4n) is 4.69. The lowest BCUT2D eigenvalue weighted by molar-refractivity contribution is 0.174. The molecule has 1 N–H and O–H groups in total. The van der Waals surface area contributed by atoms with E-state index in [0.29, 0.717) is 24.7 Å². The highest BCUT2D eigenvalue weighted by Gasteiger charge is 2.35. The molecule has 1 aliphatic rings. The fraction of sp³-hybridized carbons (Fsp3) is 0.259. The van der Waals surface area contributed by atoms with Gasteiger partial charge in [0.15, 0.2) is 0 Å². The van der Waals surface area contributed by atoms with E-state index in [1.165, 1.54) is 0 Å². The number of para-hydroxylation sites is 1. The summed E-state index contributed by atoms with van der Waals surface area (Å²) in [4.78, 5) is 15.5. The van der Waals surface area contributed by atoms with Gasteiger partial charge >= 0.3 is 6.03 Å². The lowest BCUT2D eigenvalue weighted by Gasteiger charge is -2.31. The molecule has 0 radical (unpaired) electrons. The zero-order valence-corrected chi connectivity index (χ0v) is 20.6. The second-order valence-corrected chi connectivity index (χ2v) is 9.04. The van der Waals surface area contributed by atoms with Crippen molar-refractivity contribution in [2.75, 3.05) is 20.3 Å². The number of ether oxygens (including phenoxy) is 1. The summed E-state index contributed by atoms with van der Waals surface area (Å²) in [6, 6.07) is 21.4. The molecule has 0 saturated heterocycles. The normalized spacial score (nSPS) is 14.8. The van der Waals surface area contributed by atoms with E-state index in [4.69, 9.17) is 21.4 Å². The van der Waals surface area contributed by atoms with Crippen LogP contribution >= 0.6 is 11.6 Å². The number of carbonyl (C=O) groups is 1. The number of carbonyl (C=O) groups excluding carboxylic acids is 1. The number of aryl methyl sites for hydroxylation is 1. The molecule has 2 aromatic carbocycles. The second kappa shape index (κ2) is 9.98. The van der Waals surface area contributed by atoms with Gasteiger partial charge in [-0.2, -0.15) is 5.10 Å². The Labute approximate surface area is 209 Å². The van der Waals surface area contributed by atoms with Gasteiger partial charge in [0.2, 0.25) is 0 Å². The Hall–Kier alpha value is -3.55. The summed E-state index contributed by atoms with van der Waals surface area (Å²) in [6.07, 6.45) is 2.77. The van der Waals surface area contributed by atoms with E-state index in [2.05, 4.69) is 16.0 Å². The molecular weight excluding hydrogens is 462 g/mol. The van der Waals surface area contributed by atoms with Crippen molar-refractivity contribution in [1.29, 1.82) is 0 Å². The zero-order chi connectivity index (χ0) is 24.4. The predicted octanol–water partition coefficient (Wildman–Crippen LogP) is 5.28. The van der Waals surface area contributed by atoms with Crippen LogP contribution in [-0.2, 0) is 11.3 Å². The third kappa shape index (κ3) is 4.45. The summed E-state index contributed by atoms with van der Waals surface area (Å²) in [5.41, 5.74) is 4.77. The number of fused-ring (bicyclic) bond motifs is 3. The van der Waals surface area contributed by atoms with Crippen LogP contribution in [0.4, 0.5) is 4.79 Å². The lowest BCUT2D eigenvalue weighted by atomic mass is 10.0. The van der Waals surface area contributed by atoms with E-state index in [1.807, 2.05) is 83.4 Å². The Morgan fingerprint density at radius 2 is 1.97 bits per heavy atom. The largest absolute Gasteiger partial charge is 0.385 e. The van der Waals surface area contributed by atoms with Crippen molar-refractivity contribution in [3.8, 4) is 11.5 Å². The van der Waals surface area contributed by atoms with Crippen LogP contribution in [0.5, 0.6) is 0 Å². The molecule has 7 nitrogen and oxygen atoms in total. The van der Waals surface area contributed by atoms with Crippen molar-refractivity contribution < 1.29 is 9.53 Å². The molecule has 0 unspecified atom stereocenters. The van der Waals surface area contributed by atoms with Gasteiger partial charge < -0.3 is 19.5 Å². The number of benzene rings is 2. The molecule has 35 heavy (non-hydrogen) atoms. The summed E-state index contributed by atoms with van der Waals surface area (Å²) in [5.74, 6) is 0.940. The highest BCUT2D eigenvalue weighted by Crippen LogP contribution is 2.38. The number of rotatable bonds is 6. The van der Waals surface area contributed by atoms with Gasteiger partial charge in [-0.1, -0.05) is 41.9 Å². The number of urea groups is 1. The van der Waals surface area contributed by atoms with Crippen molar-refractivity contribution in [1.82, 2.24) is 24.6 Å². The van der Waals surface area contributed by atoms with Crippen LogP contribution in [0, 0.1) is 6.92 Å². The molecule has 3 heterocycles. The van der Waals surface area contributed by atoms with Crippen LogP contribution in [0.2, 0.25) is 5.02 Å². The molecule has 0 aliphatic carbocycles. The van der Waals surface area contributed by atoms with E-state index in [0.717, 1.165) is 40.4 Å². The minimum absolute atomic E-state index is 0.140. The predicted molar refractivity (Wildman–Crippen MR) is 136 cm³/mol. The molecule has 1 aliphatic heterocycles. The van der Waals surface area contributed by atoms with Crippen molar-refractivity contribution in [2.24, 2.45) is 0 Å². The monoisotopic (exact) mass is 489 g/mol. The Bertz CT molecular complexity index is 1330. The molecule has 180 valence electrons. The molecule has 4 aromatic rings. The molecule has 5 rings (SSSR count). The third-order valence-corrected chi connectivity index (χ3v) is 6.55. The van der Waals surface area contributed by atoms with Gasteiger partial charge in [0.05, 0.1) is 29.7 Å². The van der Waals surface area contributed by atoms with E-state index < -0.39 is 0 Å². The molecule has 2 aromatic heterocycles. The van der Waals surface area contributed by atoms with Crippen molar-refractivity contribution in [3.63, 3.8) is 0 Å². The van der Waals surface area contributed by atoms with Crippen LogP contribution in [0.3, 0.4) is 0 Å². The fourth-order valence-corrected chi connectivity index (χ4v) is 4.89. The van der Waals surface area contributed by atoms with Gasteiger partial charge in [0.1, 0.15) is 5.82 Å². The quantitative estimate of drug-likeness (QED) is 0.375. The summed E-state index contributed by atoms with van der Waals surface area (Å²) < 4.78 is 9.25. The SMILES string of the molecule is COCCCNC(=O)N1Cc2c(C)nn(-c3ccccc3)c2-n2cccc2[C@@H]1c1cccc(Cl)c1. The molecular formula is C27H28ClN5O2. The first-order chi connectivity index (χ1) is 17.1. The molecule has 0 fully saturated rings. The lowest BCUT2D eigenvalue weighted by Crippen LogP contribution is -2.42. The molecule has 0 saturated carbocycles. The van der Waals surface area contributed by atoms with Gasteiger partial charge in [-0.25, -0.2) is 9.48 Å². The number of aromatic nitrogens is 3. The summed E-state index contributed by atoms with van der Waals surface area (Å²) in [5, 5.41) is 8.59. The number of amides is 2. The highest BCUT2D eigenvalue weighted by molar-refractivity contribution is 6.30. The van der Waals surface area contributed by atoms with Crippen LogP contribution in [0.25, 0.3) is 11.5 Å². The van der Waals surface area contributed by atoms with Crippen LogP contribution in [0.15, 0.2) is 72.9 Å². The van der Waals surface area contributed by atoms with Gasteiger partial charge in [-0.3, -0.25) is 0 Å². The molecule has 0 bridgehead atoms. The van der Waals surface area contributed by atoms with Crippen LogP contribution < -0.4 is 5.32 Å². The van der Waals surface area contributed by atoms with Gasteiger partial charge in [-0.05, 0) is 55.3 Å². The average Bonchev–Trinajstić information content (AvgIpc) is 3.42. The number of halogens is 1. The van der Waals surface area contributed by atoms with Crippen LogP contribution in [0.1, 0.15) is 35.0 Å². The number of hydrogen-bond donors (Lipinski definition) is 1. The molecule has 2 amide bonds. The maximum atomic E-state index is 13.6. The zero-order valence-electron chi connectivity index (χ0n) is 19.8. The Morgan fingerprint density at radius 1 is 1.14 bits per heavy atom. The smallest absolute Gasteiger partial charge is 0.318 e. The Balaban J connectivity index is 1.66. The van der Waals surface area contributed by atoms with Crippen molar-refractivity contribution in [3.05, 3.63) is 100 Å². The first-order valence-corrected chi connectivity index (χ1v) is 12.1. The number of methoxy groups -OCH3 is 1. The maximum absolute atomic E-state index is 13.6. The summed E-state index contributed by atoms with van der Waals surface area (Å²) in [7, 11) is 1.66. The van der Waals surface area contributed by atoms with Gasteiger partial charge in [0, 0.05) is 37.0 Å². The maximum Gasteiger partial charge on any atom is 0.318 e. The Kier molecular flexibility index (Phi) is 6.61. The number of nitrogens with one attached hydrogen (secondary N) is 1. The van der Waals surface area contributed by atoms with E-state index in [9.17, 15) is 4.79 Å². The van der Waals surface area contributed by atoms with E-state index >= 15 is 0 Å². The standard InChI is InChI=1S/C27H28ClN5O2/c1-19-23-18-32(27(34)29-14-8-16-35-2)25(20-9-6-10-21(28)17-20)24-13-7-15-31(24)26(23)33(30-19)22-11-4-3-5-12-22/h3-7,9-13,15,17,25H,8,14,16,18H2,1-2H3,(H,29,34)/t25-/m0/s1. The van der Waals surface area contributed by atoms with Gasteiger partial charge in [0.25, 0.3) is 0 Å². The number of nitrogens with zero attached hydrogens (tertiary/aromatic N) is 4. The van der Waals surface area contributed by atoms with Crippen molar-refractivity contribution >= 4 is 17.6 Å². The minimum Gasteiger partial charge on any atom is -0.385 e. The topological polar surface area (TPSA) is 64.3 Å². The minimum atomic E-state index is -0.331. The first-order valence-electron chi connectivity index (χ1n) is 11.7. The summed E-state index contributed by atoms with van der Waals surface area (Å²) >= 11 is 6.40. The third-order valence-electron chi connectivity index (χ3n) is 6.31. The van der Waals surface area contributed by atoms with Crippen LogP contribution in [-0.4, -0.2) is 45.5 Å². The number of hydrogen-bond acceptors (Lipinski definition) is 3. The Morgan fingerprint density at radius 3 is 2.74 bits per heavy atom. The van der Waals surface area contributed by atoms with E-state index in [1.54, 1.807) is 7.11 Å².